The van der Waals surface area contributed by atoms with Gasteiger partial charge >= 0.3 is 0 Å². The summed E-state index contributed by atoms with van der Waals surface area (Å²) in [6.45, 7) is 0. The van der Waals surface area contributed by atoms with Gasteiger partial charge in [0.25, 0.3) is 0 Å². The third-order valence-electron chi connectivity index (χ3n) is 1.61. The third kappa shape index (κ3) is 2.70. The van der Waals surface area contributed by atoms with E-state index in [1.165, 1.54) is 12.1 Å². The maximum absolute atomic E-state index is 10.4. The Hall–Kier alpha value is -1.62. The molecule has 0 fully saturated rings. The fraction of sp³-hybridized carbons (Fsp3) is 0.111. The number of carbonyl (C=O) groups excluding carboxylic acids is 1. The SMILES string of the molecule is CNC(=S)Nc1ccc(C(=O)[O-])cc1. The van der Waals surface area contributed by atoms with Gasteiger partial charge in [-0.05, 0) is 29.9 Å². The minimum atomic E-state index is -1.19. The average molecular weight is 209 g/mol. The summed E-state index contributed by atoms with van der Waals surface area (Å²) in [5, 5.41) is 16.5. The summed E-state index contributed by atoms with van der Waals surface area (Å²) >= 11 is 4.87. The minimum absolute atomic E-state index is 0.144. The van der Waals surface area contributed by atoms with Crippen molar-refractivity contribution in [3.63, 3.8) is 0 Å². The fourth-order valence-electron chi connectivity index (χ4n) is 0.883. The molecule has 1 rings (SSSR count). The molecule has 0 saturated heterocycles. The summed E-state index contributed by atoms with van der Waals surface area (Å²) in [6.07, 6.45) is 0. The van der Waals surface area contributed by atoms with Gasteiger partial charge in [0.1, 0.15) is 0 Å². The molecule has 1 aromatic carbocycles. The number of benzene rings is 1. The van der Waals surface area contributed by atoms with Gasteiger partial charge in [-0.25, -0.2) is 0 Å². The highest BCUT2D eigenvalue weighted by molar-refractivity contribution is 7.80. The summed E-state index contributed by atoms with van der Waals surface area (Å²) in [7, 11) is 1.70. The summed E-state index contributed by atoms with van der Waals surface area (Å²) in [5.41, 5.74) is 0.875. The number of anilines is 1. The number of nitrogens with one attached hydrogen (secondary N) is 2. The van der Waals surface area contributed by atoms with Crippen molar-refractivity contribution >= 4 is 29.0 Å². The molecule has 0 saturated carbocycles. The van der Waals surface area contributed by atoms with E-state index in [1.54, 1.807) is 19.2 Å². The molecule has 0 unspecified atom stereocenters. The second kappa shape index (κ2) is 4.57. The summed E-state index contributed by atoms with van der Waals surface area (Å²) < 4.78 is 0. The Bertz CT molecular complexity index is 348. The fourth-order valence-corrected chi connectivity index (χ4v) is 1.00. The van der Waals surface area contributed by atoms with E-state index in [2.05, 4.69) is 10.6 Å². The molecule has 0 spiro atoms. The maximum Gasteiger partial charge on any atom is 0.170 e. The molecule has 14 heavy (non-hydrogen) atoms. The lowest BCUT2D eigenvalue weighted by atomic mass is 10.2. The molecule has 1 aromatic rings. The number of carboxylic acids is 1. The van der Waals surface area contributed by atoms with E-state index in [4.69, 9.17) is 12.2 Å². The molecule has 0 aromatic heterocycles. The number of carboxylic acid groups (broad SMARTS) is 1. The largest absolute Gasteiger partial charge is 0.545 e. The average Bonchev–Trinajstić information content (AvgIpc) is 2.18. The second-order valence-electron chi connectivity index (χ2n) is 2.57. The lowest BCUT2D eigenvalue weighted by molar-refractivity contribution is -0.255. The van der Waals surface area contributed by atoms with Gasteiger partial charge < -0.3 is 20.5 Å². The number of thiocarbonyl (C=S) groups is 1. The molecule has 0 aliphatic carbocycles. The van der Waals surface area contributed by atoms with Crippen LogP contribution in [-0.4, -0.2) is 18.1 Å². The molecule has 2 N–H and O–H groups in total. The van der Waals surface area contributed by atoms with E-state index in [-0.39, 0.29) is 5.56 Å². The van der Waals surface area contributed by atoms with Crippen LogP contribution >= 0.6 is 12.2 Å². The topological polar surface area (TPSA) is 64.2 Å². The number of hydrogen-bond donors (Lipinski definition) is 2. The molecular weight excluding hydrogens is 200 g/mol. The Labute approximate surface area is 86.9 Å². The van der Waals surface area contributed by atoms with Crippen LogP contribution in [-0.2, 0) is 0 Å². The Kier molecular flexibility index (Phi) is 3.41. The van der Waals surface area contributed by atoms with Gasteiger partial charge in [-0.2, -0.15) is 0 Å². The highest BCUT2D eigenvalue weighted by atomic mass is 32.1. The number of rotatable bonds is 2. The van der Waals surface area contributed by atoms with E-state index in [0.717, 1.165) is 5.69 Å². The number of aromatic carboxylic acids is 1. The van der Waals surface area contributed by atoms with Crippen molar-refractivity contribution in [1.29, 1.82) is 0 Å². The molecule has 5 heteroatoms. The van der Waals surface area contributed by atoms with Crippen molar-refractivity contribution in [2.24, 2.45) is 0 Å². The van der Waals surface area contributed by atoms with Crippen molar-refractivity contribution in [3.05, 3.63) is 29.8 Å². The van der Waals surface area contributed by atoms with Gasteiger partial charge in [0.2, 0.25) is 0 Å². The summed E-state index contributed by atoms with van der Waals surface area (Å²) in [5.74, 6) is -1.19. The van der Waals surface area contributed by atoms with Crippen molar-refractivity contribution in [2.75, 3.05) is 12.4 Å². The molecule has 0 heterocycles. The van der Waals surface area contributed by atoms with E-state index in [0.29, 0.717) is 5.11 Å². The molecule has 0 aliphatic rings. The standard InChI is InChI=1S/C9H10N2O2S/c1-10-9(14)11-7-4-2-6(3-5-7)8(12)13/h2-5H,1H3,(H,12,13)(H2,10,11,14)/p-1. The van der Waals surface area contributed by atoms with E-state index in [9.17, 15) is 9.90 Å². The second-order valence-corrected chi connectivity index (χ2v) is 2.98. The Morgan fingerprint density at radius 3 is 2.36 bits per heavy atom. The smallest absolute Gasteiger partial charge is 0.170 e. The van der Waals surface area contributed by atoms with Crippen LogP contribution in [0.5, 0.6) is 0 Å². The van der Waals surface area contributed by atoms with Gasteiger partial charge in [0.05, 0.1) is 5.97 Å². The summed E-state index contributed by atoms with van der Waals surface area (Å²) in [6, 6.07) is 6.15. The molecular formula is C9H9N2O2S-. The zero-order chi connectivity index (χ0) is 10.6. The highest BCUT2D eigenvalue weighted by Gasteiger charge is 1.96. The van der Waals surface area contributed by atoms with Crippen LogP contribution in [0.2, 0.25) is 0 Å². The first kappa shape index (κ1) is 10.5. The van der Waals surface area contributed by atoms with Gasteiger partial charge in [0.15, 0.2) is 5.11 Å². The molecule has 0 atom stereocenters. The summed E-state index contributed by atoms with van der Waals surface area (Å²) in [4.78, 5) is 10.4. The van der Waals surface area contributed by atoms with Crippen LogP contribution in [0, 0.1) is 0 Å². The van der Waals surface area contributed by atoms with E-state index in [1.807, 2.05) is 0 Å². The van der Waals surface area contributed by atoms with E-state index < -0.39 is 5.97 Å². The van der Waals surface area contributed by atoms with Gasteiger partial charge in [0, 0.05) is 12.7 Å². The Morgan fingerprint density at radius 2 is 1.93 bits per heavy atom. The maximum atomic E-state index is 10.4. The van der Waals surface area contributed by atoms with E-state index >= 15 is 0 Å². The molecule has 0 amide bonds. The Morgan fingerprint density at radius 1 is 1.36 bits per heavy atom. The Balaban J connectivity index is 2.73. The van der Waals surface area contributed by atoms with Crippen LogP contribution < -0.4 is 15.7 Å². The molecule has 74 valence electrons. The molecule has 0 aliphatic heterocycles. The number of hydrogen-bond acceptors (Lipinski definition) is 3. The van der Waals surface area contributed by atoms with Gasteiger partial charge in [-0.15, -0.1) is 0 Å². The van der Waals surface area contributed by atoms with Crippen molar-refractivity contribution in [2.45, 2.75) is 0 Å². The van der Waals surface area contributed by atoms with Gasteiger partial charge in [-0.1, -0.05) is 12.1 Å². The number of carbonyl (C=O) groups is 1. The predicted octanol–water partition coefficient (Wildman–Crippen LogP) is -0.0337. The van der Waals surface area contributed by atoms with Gasteiger partial charge in [-0.3, -0.25) is 0 Å². The quantitative estimate of drug-likeness (QED) is 0.669. The van der Waals surface area contributed by atoms with Crippen LogP contribution in [0.1, 0.15) is 10.4 Å². The molecule has 0 bridgehead atoms. The van der Waals surface area contributed by atoms with Crippen molar-refractivity contribution < 1.29 is 9.90 Å². The first-order valence-corrected chi connectivity index (χ1v) is 4.34. The highest BCUT2D eigenvalue weighted by Crippen LogP contribution is 2.08. The first-order chi connectivity index (χ1) is 6.63. The van der Waals surface area contributed by atoms with Crippen LogP contribution in [0.4, 0.5) is 5.69 Å². The molecule has 0 radical (unpaired) electrons. The van der Waals surface area contributed by atoms with Crippen molar-refractivity contribution in [1.82, 2.24) is 5.32 Å². The predicted molar refractivity (Wildman–Crippen MR) is 56.1 cm³/mol. The molecule has 4 nitrogen and oxygen atoms in total. The lowest BCUT2D eigenvalue weighted by Crippen LogP contribution is -2.24. The minimum Gasteiger partial charge on any atom is -0.545 e. The van der Waals surface area contributed by atoms with Crippen LogP contribution in [0.25, 0.3) is 0 Å². The zero-order valence-electron chi connectivity index (χ0n) is 7.53. The van der Waals surface area contributed by atoms with Crippen molar-refractivity contribution in [3.8, 4) is 0 Å². The normalized spacial score (nSPS) is 9.21. The lowest BCUT2D eigenvalue weighted by Gasteiger charge is -2.08. The van der Waals surface area contributed by atoms with Crippen LogP contribution in [0.15, 0.2) is 24.3 Å². The third-order valence-corrected chi connectivity index (χ3v) is 1.91. The first-order valence-electron chi connectivity index (χ1n) is 3.93. The zero-order valence-corrected chi connectivity index (χ0v) is 8.35. The monoisotopic (exact) mass is 209 g/mol. The van der Waals surface area contributed by atoms with Crippen LogP contribution in [0.3, 0.4) is 0 Å².